The van der Waals surface area contributed by atoms with Gasteiger partial charge in [0.05, 0.1) is 24.8 Å². The molecule has 25 heavy (non-hydrogen) atoms. The van der Waals surface area contributed by atoms with Crippen LogP contribution >= 0.6 is 0 Å². The van der Waals surface area contributed by atoms with E-state index < -0.39 is 0 Å². The van der Waals surface area contributed by atoms with Crippen molar-refractivity contribution < 1.29 is 4.74 Å². The lowest BCUT2D eigenvalue weighted by Gasteiger charge is -2.27. The van der Waals surface area contributed by atoms with E-state index in [1.165, 1.54) is 11.1 Å². The van der Waals surface area contributed by atoms with Crippen LogP contribution in [0.5, 0.6) is 0 Å². The Kier molecular flexibility index (Phi) is 4.01. The second-order valence-electron chi connectivity index (χ2n) is 6.42. The molecule has 3 heterocycles. The standard InChI is InChI=1S/C18H22N6O/c1-12-4-5-15(13(2)10-12)20-16-14-11-19-23(3)17(14)22-18(21-16)24-6-8-25-9-7-24/h4-5,10-11H,6-9H2,1-3H3,(H,20,21,22). The molecular formula is C18H22N6O. The first-order valence-electron chi connectivity index (χ1n) is 8.48. The van der Waals surface area contributed by atoms with E-state index in [-0.39, 0.29) is 0 Å². The number of ether oxygens (including phenoxy) is 1. The predicted molar refractivity (Wildman–Crippen MR) is 98.5 cm³/mol. The molecule has 3 aromatic rings. The van der Waals surface area contributed by atoms with Gasteiger partial charge in [0.1, 0.15) is 5.82 Å². The summed E-state index contributed by atoms with van der Waals surface area (Å²) in [5.41, 5.74) is 4.29. The van der Waals surface area contributed by atoms with E-state index in [2.05, 4.69) is 47.4 Å². The van der Waals surface area contributed by atoms with E-state index in [1.807, 2.05) is 13.2 Å². The molecule has 130 valence electrons. The normalized spacial score (nSPS) is 14.9. The van der Waals surface area contributed by atoms with Crippen molar-refractivity contribution in [2.75, 3.05) is 36.5 Å². The number of rotatable bonds is 3. The van der Waals surface area contributed by atoms with Crippen LogP contribution < -0.4 is 10.2 Å². The Hall–Kier alpha value is -2.67. The van der Waals surface area contributed by atoms with Gasteiger partial charge in [0.25, 0.3) is 0 Å². The first-order chi connectivity index (χ1) is 12.1. The van der Waals surface area contributed by atoms with Gasteiger partial charge in [0.15, 0.2) is 5.65 Å². The van der Waals surface area contributed by atoms with Gasteiger partial charge < -0.3 is 15.0 Å². The van der Waals surface area contributed by atoms with Crippen molar-refractivity contribution >= 4 is 28.5 Å². The van der Waals surface area contributed by atoms with E-state index in [0.29, 0.717) is 19.2 Å². The molecule has 0 saturated carbocycles. The number of anilines is 3. The Morgan fingerprint density at radius 3 is 2.68 bits per heavy atom. The molecule has 4 rings (SSSR count). The molecule has 1 aliphatic heterocycles. The third kappa shape index (κ3) is 3.02. The Balaban J connectivity index is 1.78. The highest BCUT2D eigenvalue weighted by Gasteiger charge is 2.18. The molecule has 1 saturated heterocycles. The van der Waals surface area contributed by atoms with Gasteiger partial charge in [-0.3, -0.25) is 4.68 Å². The van der Waals surface area contributed by atoms with E-state index in [4.69, 9.17) is 14.7 Å². The van der Waals surface area contributed by atoms with Gasteiger partial charge in [-0.2, -0.15) is 15.1 Å². The van der Waals surface area contributed by atoms with E-state index in [0.717, 1.165) is 35.6 Å². The third-order valence-electron chi connectivity index (χ3n) is 4.51. The molecule has 1 fully saturated rings. The molecule has 7 nitrogen and oxygen atoms in total. The quantitative estimate of drug-likeness (QED) is 0.792. The summed E-state index contributed by atoms with van der Waals surface area (Å²) in [6, 6.07) is 6.34. The molecule has 0 amide bonds. The van der Waals surface area contributed by atoms with Crippen LogP contribution in [0.1, 0.15) is 11.1 Å². The average molecular weight is 338 g/mol. The molecular weight excluding hydrogens is 316 g/mol. The summed E-state index contributed by atoms with van der Waals surface area (Å²) in [4.78, 5) is 11.7. The van der Waals surface area contributed by atoms with E-state index in [9.17, 15) is 0 Å². The Morgan fingerprint density at radius 2 is 1.92 bits per heavy atom. The highest BCUT2D eigenvalue weighted by Crippen LogP contribution is 2.28. The van der Waals surface area contributed by atoms with Crippen molar-refractivity contribution in [1.82, 2.24) is 19.7 Å². The number of aryl methyl sites for hydroxylation is 3. The van der Waals surface area contributed by atoms with Crippen LogP contribution in [0.4, 0.5) is 17.5 Å². The molecule has 1 aromatic carbocycles. The second kappa shape index (κ2) is 6.33. The van der Waals surface area contributed by atoms with Crippen LogP contribution in [0.3, 0.4) is 0 Å². The van der Waals surface area contributed by atoms with Crippen LogP contribution in [0.15, 0.2) is 24.4 Å². The first kappa shape index (κ1) is 15.8. The lowest BCUT2D eigenvalue weighted by atomic mass is 10.1. The minimum Gasteiger partial charge on any atom is -0.378 e. The van der Waals surface area contributed by atoms with Crippen LogP contribution in [0.2, 0.25) is 0 Å². The summed E-state index contributed by atoms with van der Waals surface area (Å²) in [5.74, 6) is 1.50. The van der Waals surface area contributed by atoms with Crippen LogP contribution in [-0.2, 0) is 11.8 Å². The monoisotopic (exact) mass is 338 g/mol. The Bertz CT molecular complexity index is 913. The Labute approximate surface area is 146 Å². The molecule has 0 atom stereocenters. The summed E-state index contributed by atoms with van der Waals surface area (Å²) in [5, 5.41) is 8.74. The zero-order valence-electron chi connectivity index (χ0n) is 14.8. The van der Waals surface area contributed by atoms with Gasteiger partial charge in [-0.25, -0.2) is 0 Å². The van der Waals surface area contributed by atoms with Crippen molar-refractivity contribution in [2.45, 2.75) is 13.8 Å². The predicted octanol–water partition coefficient (Wildman–Crippen LogP) is 2.56. The molecule has 2 aromatic heterocycles. The van der Waals surface area contributed by atoms with Crippen LogP contribution in [0, 0.1) is 13.8 Å². The van der Waals surface area contributed by atoms with E-state index in [1.54, 1.807) is 4.68 Å². The first-order valence-corrected chi connectivity index (χ1v) is 8.48. The number of morpholine rings is 1. The molecule has 0 aliphatic carbocycles. The fraction of sp³-hybridized carbons (Fsp3) is 0.389. The van der Waals surface area contributed by atoms with Crippen molar-refractivity contribution in [2.24, 2.45) is 7.05 Å². The number of nitrogens with one attached hydrogen (secondary N) is 1. The van der Waals surface area contributed by atoms with Crippen LogP contribution in [0.25, 0.3) is 11.0 Å². The second-order valence-corrected chi connectivity index (χ2v) is 6.42. The maximum absolute atomic E-state index is 5.44. The fourth-order valence-corrected chi connectivity index (χ4v) is 3.09. The van der Waals surface area contributed by atoms with Crippen molar-refractivity contribution in [3.05, 3.63) is 35.5 Å². The van der Waals surface area contributed by atoms with Crippen molar-refractivity contribution in [1.29, 1.82) is 0 Å². The molecule has 1 aliphatic rings. The average Bonchev–Trinajstić information content (AvgIpc) is 2.99. The lowest BCUT2D eigenvalue weighted by Crippen LogP contribution is -2.37. The maximum atomic E-state index is 5.44. The van der Waals surface area contributed by atoms with Gasteiger partial charge in [0.2, 0.25) is 5.95 Å². The minimum absolute atomic E-state index is 0.701. The smallest absolute Gasteiger partial charge is 0.229 e. The van der Waals surface area contributed by atoms with Gasteiger partial charge in [0, 0.05) is 25.8 Å². The molecule has 7 heteroatoms. The number of benzene rings is 1. The van der Waals surface area contributed by atoms with Crippen molar-refractivity contribution in [3.63, 3.8) is 0 Å². The minimum atomic E-state index is 0.701. The maximum Gasteiger partial charge on any atom is 0.229 e. The molecule has 1 N–H and O–H groups in total. The molecule has 0 radical (unpaired) electrons. The SMILES string of the molecule is Cc1ccc(Nc2nc(N3CCOCC3)nc3c2cnn3C)c(C)c1. The van der Waals surface area contributed by atoms with Gasteiger partial charge in [-0.1, -0.05) is 17.7 Å². The zero-order valence-corrected chi connectivity index (χ0v) is 14.8. The number of nitrogens with zero attached hydrogens (tertiary/aromatic N) is 5. The van der Waals surface area contributed by atoms with E-state index >= 15 is 0 Å². The summed E-state index contributed by atoms with van der Waals surface area (Å²) >= 11 is 0. The number of hydrogen-bond donors (Lipinski definition) is 1. The topological polar surface area (TPSA) is 68.1 Å². The van der Waals surface area contributed by atoms with Gasteiger partial charge in [-0.05, 0) is 25.5 Å². The van der Waals surface area contributed by atoms with Gasteiger partial charge in [-0.15, -0.1) is 0 Å². The third-order valence-corrected chi connectivity index (χ3v) is 4.51. The largest absolute Gasteiger partial charge is 0.378 e. The summed E-state index contributed by atoms with van der Waals surface area (Å²) in [7, 11) is 1.90. The molecule has 0 unspecified atom stereocenters. The summed E-state index contributed by atoms with van der Waals surface area (Å²) in [6.07, 6.45) is 1.81. The fourth-order valence-electron chi connectivity index (χ4n) is 3.09. The number of aromatic nitrogens is 4. The highest BCUT2D eigenvalue weighted by atomic mass is 16.5. The number of fused-ring (bicyclic) bond motifs is 1. The zero-order chi connectivity index (χ0) is 17.4. The number of hydrogen-bond acceptors (Lipinski definition) is 6. The lowest BCUT2D eigenvalue weighted by molar-refractivity contribution is 0.122. The van der Waals surface area contributed by atoms with Gasteiger partial charge >= 0.3 is 0 Å². The Morgan fingerprint density at radius 1 is 1.12 bits per heavy atom. The van der Waals surface area contributed by atoms with Crippen molar-refractivity contribution in [3.8, 4) is 0 Å². The van der Waals surface area contributed by atoms with Crippen LogP contribution in [-0.4, -0.2) is 46.1 Å². The molecule has 0 bridgehead atoms. The summed E-state index contributed by atoms with van der Waals surface area (Å²) in [6.45, 7) is 7.19. The highest BCUT2D eigenvalue weighted by molar-refractivity contribution is 5.89. The summed E-state index contributed by atoms with van der Waals surface area (Å²) < 4.78 is 7.23. The molecule has 0 spiro atoms.